The minimum atomic E-state index is -0.0239. The number of rotatable bonds is 5. The maximum Gasteiger partial charge on any atom is 0.224 e. The van der Waals surface area contributed by atoms with Crippen LogP contribution in [0.25, 0.3) is 10.9 Å². The first kappa shape index (κ1) is 13.5. The third-order valence-electron chi connectivity index (χ3n) is 2.93. The molecule has 0 bridgehead atoms. The van der Waals surface area contributed by atoms with Crippen molar-refractivity contribution in [1.82, 2.24) is 4.98 Å². The molecule has 19 heavy (non-hydrogen) atoms. The number of hydrogen-bond donors (Lipinski definition) is 2. The quantitative estimate of drug-likeness (QED) is 0.810. The molecule has 2 rings (SSSR count). The van der Waals surface area contributed by atoms with Crippen molar-refractivity contribution in [3.8, 4) is 0 Å². The number of nitrogens with one attached hydrogen (secondary N) is 1. The van der Waals surface area contributed by atoms with Crippen LogP contribution in [-0.2, 0) is 4.79 Å². The van der Waals surface area contributed by atoms with Gasteiger partial charge in [-0.2, -0.15) is 0 Å². The van der Waals surface area contributed by atoms with Crippen molar-refractivity contribution in [1.29, 1.82) is 0 Å². The Balaban J connectivity index is 2.18. The number of hydrogen-bond acceptors (Lipinski definition) is 3. The van der Waals surface area contributed by atoms with E-state index in [0.717, 1.165) is 22.3 Å². The number of carbonyl (C=O) groups is 1. The number of aliphatic hydroxyl groups is 1. The maximum absolute atomic E-state index is 11.8. The van der Waals surface area contributed by atoms with Gasteiger partial charge >= 0.3 is 0 Å². The zero-order valence-electron chi connectivity index (χ0n) is 11.0. The van der Waals surface area contributed by atoms with Crippen LogP contribution in [0.1, 0.15) is 25.0 Å². The lowest BCUT2D eigenvalue weighted by Crippen LogP contribution is -2.12. The number of fused-ring (bicyclic) bond motifs is 1. The lowest BCUT2D eigenvalue weighted by atomic mass is 10.1. The Hall–Kier alpha value is -1.94. The highest BCUT2D eigenvalue weighted by molar-refractivity contribution is 6.00. The average molecular weight is 258 g/mol. The number of nitrogens with zero attached hydrogens (tertiary/aromatic N) is 1. The summed E-state index contributed by atoms with van der Waals surface area (Å²) in [6, 6.07) is 9.63. The first-order valence-corrected chi connectivity index (χ1v) is 6.48. The van der Waals surface area contributed by atoms with E-state index in [4.69, 9.17) is 5.11 Å². The molecule has 0 saturated heterocycles. The van der Waals surface area contributed by atoms with E-state index in [1.54, 1.807) is 0 Å². The highest BCUT2D eigenvalue weighted by atomic mass is 16.2. The third-order valence-corrected chi connectivity index (χ3v) is 2.93. The van der Waals surface area contributed by atoms with Crippen molar-refractivity contribution >= 4 is 22.5 Å². The predicted molar refractivity (Wildman–Crippen MR) is 76.0 cm³/mol. The van der Waals surface area contributed by atoms with E-state index in [1.807, 2.05) is 37.3 Å². The van der Waals surface area contributed by atoms with Gasteiger partial charge in [-0.25, -0.2) is 0 Å². The second kappa shape index (κ2) is 6.29. The topological polar surface area (TPSA) is 62.2 Å². The molecule has 0 unspecified atom stereocenters. The van der Waals surface area contributed by atoms with Crippen LogP contribution in [-0.4, -0.2) is 22.6 Å². The minimum absolute atomic E-state index is 0.0239. The van der Waals surface area contributed by atoms with Gasteiger partial charge in [0.1, 0.15) is 0 Å². The van der Waals surface area contributed by atoms with Crippen LogP contribution in [0.4, 0.5) is 5.69 Å². The molecule has 4 nitrogen and oxygen atoms in total. The summed E-state index contributed by atoms with van der Waals surface area (Å²) < 4.78 is 0. The van der Waals surface area contributed by atoms with Gasteiger partial charge < -0.3 is 10.4 Å². The number of unbranched alkanes of at least 4 members (excludes halogenated alkanes) is 1. The normalized spacial score (nSPS) is 10.6. The maximum atomic E-state index is 11.8. The molecule has 4 heteroatoms. The number of amides is 1. The number of benzene rings is 1. The molecule has 2 aromatic rings. The third kappa shape index (κ3) is 3.51. The molecule has 0 aliphatic rings. The largest absolute Gasteiger partial charge is 0.396 e. The van der Waals surface area contributed by atoms with Gasteiger partial charge in [-0.1, -0.05) is 18.2 Å². The lowest BCUT2D eigenvalue weighted by Gasteiger charge is -2.09. The van der Waals surface area contributed by atoms with Crippen LogP contribution < -0.4 is 5.32 Å². The standard InChI is InChI=1S/C15H18N2O2/c1-11-10-14(17-15(19)8-4-5-9-18)12-6-2-3-7-13(12)16-11/h2-3,6-7,10,18H,4-5,8-9H2,1H3,(H,16,17,19). The second-order valence-electron chi connectivity index (χ2n) is 4.56. The van der Waals surface area contributed by atoms with Gasteiger partial charge in [-0.3, -0.25) is 9.78 Å². The number of carbonyl (C=O) groups excluding carboxylic acids is 1. The Kier molecular flexibility index (Phi) is 4.47. The van der Waals surface area contributed by atoms with E-state index in [-0.39, 0.29) is 12.5 Å². The van der Waals surface area contributed by atoms with Crippen LogP contribution in [0.5, 0.6) is 0 Å². The summed E-state index contributed by atoms with van der Waals surface area (Å²) in [6.45, 7) is 2.04. The molecule has 0 aliphatic carbocycles. The molecular weight excluding hydrogens is 240 g/mol. The van der Waals surface area contributed by atoms with E-state index in [1.165, 1.54) is 0 Å². The fourth-order valence-corrected chi connectivity index (χ4v) is 2.02. The molecular formula is C15H18N2O2. The van der Waals surface area contributed by atoms with Gasteiger partial charge in [0.2, 0.25) is 5.91 Å². The molecule has 1 aromatic heterocycles. The summed E-state index contributed by atoms with van der Waals surface area (Å²) >= 11 is 0. The van der Waals surface area contributed by atoms with E-state index < -0.39 is 0 Å². The number of pyridine rings is 1. The molecule has 2 N–H and O–H groups in total. The smallest absolute Gasteiger partial charge is 0.224 e. The van der Waals surface area contributed by atoms with Crippen molar-refractivity contribution in [2.24, 2.45) is 0 Å². The molecule has 1 aromatic carbocycles. The van der Waals surface area contributed by atoms with Crippen molar-refractivity contribution in [2.45, 2.75) is 26.2 Å². The van der Waals surface area contributed by atoms with Crippen LogP contribution in [0.2, 0.25) is 0 Å². The summed E-state index contributed by atoms with van der Waals surface area (Å²) in [5.41, 5.74) is 2.56. The number of para-hydroxylation sites is 1. The fraction of sp³-hybridized carbons (Fsp3) is 0.333. The second-order valence-corrected chi connectivity index (χ2v) is 4.56. The van der Waals surface area contributed by atoms with Crippen LogP contribution >= 0.6 is 0 Å². The minimum Gasteiger partial charge on any atom is -0.396 e. The SMILES string of the molecule is Cc1cc(NC(=O)CCCCO)c2ccccc2n1. The van der Waals surface area contributed by atoms with Gasteiger partial charge in [-0.05, 0) is 31.9 Å². The molecule has 0 aliphatic heterocycles. The van der Waals surface area contributed by atoms with Gasteiger partial charge in [0.15, 0.2) is 0 Å². The summed E-state index contributed by atoms with van der Waals surface area (Å²) in [6.07, 6.45) is 1.78. The Morgan fingerprint density at radius 1 is 1.32 bits per heavy atom. The number of aliphatic hydroxyl groups excluding tert-OH is 1. The monoisotopic (exact) mass is 258 g/mol. The van der Waals surface area contributed by atoms with Crippen LogP contribution in [0, 0.1) is 6.92 Å². The Labute approximate surface area is 112 Å². The van der Waals surface area contributed by atoms with Gasteiger partial charge in [-0.15, -0.1) is 0 Å². The van der Waals surface area contributed by atoms with Crippen LogP contribution in [0.15, 0.2) is 30.3 Å². The Bertz CT molecular complexity index is 581. The zero-order valence-corrected chi connectivity index (χ0v) is 11.0. The molecule has 0 spiro atoms. The molecule has 0 atom stereocenters. The van der Waals surface area contributed by atoms with Crippen molar-refractivity contribution in [2.75, 3.05) is 11.9 Å². The number of aromatic nitrogens is 1. The molecule has 0 radical (unpaired) electrons. The predicted octanol–water partition coefficient (Wildman–Crippen LogP) is 2.64. The molecule has 1 amide bonds. The van der Waals surface area contributed by atoms with Crippen molar-refractivity contribution in [3.05, 3.63) is 36.0 Å². The summed E-state index contributed by atoms with van der Waals surface area (Å²) in [7, 11) is 0. The van der Waals surface area contributed by atoms with Crippen molar-refractivity contribution in [3.63, 3.8) is 0 Å². The average Bonchev–Trinajstić information content (AvgIpc) is 2.39. The summed E-state index contributed by atoms with van der Waals surface area (Å²) in [5, 5.41) is 12.6. The lowest BCUT2D eigenvalue weighted by molar-refractivity contribution is -0.116. The molecule has 0 saturated carbocycles. The first-order valence-electron chi connectivity index (χ1n) is 6.48. The molecule has 100 valence electrons. The zero-order chi connectivity index (χ0) is 13.7. The van der Waals surface area contributed by atoms with Gasteiger partial charge in [0.25, 0.3) is 0 Å². The van der Waals surface area contributed by atoms with Crippen molar-refractivity contribution < 1.29 is 9.90 Å². The Morgan fingerprint density at radius 3 is 2.89 bits per heavy atom. The fourth-order valence-electron chi connectivity index (χ4n) is 2.02. The highest BCUT2D eigenvalue weighted by Crippen LogP contribution is 2.23. The number of anilines is 1. The van der Waals surface area contributed by atoms with Gasteiger partial charge in [0, 0.05) is 24.1 Å². The highest BCUT2D eigenvalue weighted by Gasteiger charge is 2.07. The summed E-state index contributed by atoms with van der Waals surface area (Å²) in [5.74, 6) is -0.0239. The first-order chi connectivity index (χ1) is 9.20. The van der Waals surface area contributed by atoms with E-state index in [0.29, 0.717) is 19.3 Å². The summed E-state index contributed by atoms with van der Waals surface area (Å²) in [4.78, 5) is 16.3. The number of aryl methyl sites for hydroxylation is 1. The van der Waals surface area contributed by atoms with Crippen LogP contribution in [0.3, 0.4) is 0 Å². The Morgan fingerprint density at radius 2 is 2.11 bits per heavy atom. The van der Waals surface area contributed by atoms with Gasteiger partial charge in [0.05, 0.1) is 11.2 Å². The van der Waals surface area contributed by atoms with E-state index in [2.05, 4.69) is 10.3 Å². The van der Waals surface area contributed by atoms with E-state index >= 15 is 0 Å². The molecule has 0 fully saturated rings. The van der Waals surface area contributed by atoms with E-state index in [9.17, 15) is 4.79 Å². The molecule has 1 heterocycles.